The van der Waals surface area contributed by atoms with Crippen molar-refractivity contribution in [2.24, 2.45) is 0 Å². The summed E-state index contributed by atoms with van der Waals surface area (Å²) in [5, 5.41) is 4.99. The number of rotatable bonds is 3. The molecule has 2 nitrogen and oxygen atoms in total. The number of hydrogen-bond acceptors (Lipinski definition) is 2. The van der Waals surface area contributed by atoms with Crippen molar-refractivity contribution in [3.05, 3.63) is 30.3 Å². The second-order valence-corrected chi connectivity index (χ2v) is 9.94. The highest BCUT2D eigenvalue weighted by Crippen LogP contribution is 2.07. The molecule has 1 aromatic rings. The Bertz CT molecular complexity index is 318. The fraction of sp³-hybridized carbons (Fsp3) is 0.538. The topological polar surface area (TPSA) is 15.3 Å². The van der Waals surface area contributed by atoms with E-state index < -0.39 is 8.07 Å². The summed E-state index contributed by atoms with van der Waals surface area (Å²) in [5.41, 5.74) is 0. The van der Waals surface area contributed by atoms with Gasteiger partial charge in [0.05, 0.1) is 8.07 Å². The van der Waals surface area contributed by atoms with Crippen molar-refractivity contribution in [1.29, 1.82) is 0 Å². The van der Waals surface area contributed by atoms with E-state index in [-0.39, 0.29) is 0 Å². The van der Waals surface area contributed by atoms with Gasteiger partial charge in [-0.2, -0.15) is 0 Å². The smallest absolute Gasteiger partial charge is 0.0948 e. The monoisotopic (exact) mass is 234 g/mol. The van der Waals surface area contributed by atoms with Gasteiger partial charge in [0.15, 0.2) is 0 Å². The Morgan fingerprint density at radius 2 is 1.75 bits per heavy atom. The second kappa shape index (κ2) is 5.12. The van der Waals surface area contributed by atoms with Gasteiger partial charge in [0.2, 0.25) is 0 Å². The maximum atomic E-state index is 3.41. The molecule has 0 aliphatic carbocycles. The van der Waals surface area contributed by atoms with Gasteiger partial charge in [-0.1, -0.05) is 48.6 Å². The molecule has 0 bridgehead atoms. The van der Waals surface area contributed by atoms with Crippen molar-refractivity contribution >= 4 is 13.3 Å². The van der Waals surface area contributed by atoms with Crippen LogP contribution >= 0.6 is 0 Å². The van der Waals surface area contributed by atoms with E-state index in [0.717, 1.165) is 13.1 Å². The van der Waals surface area contributed by atoms with Crippen molar-refractivity contribution < 1.29 is 0 Å². The first-order valence-electron chi connectivity index (χ1n) is 6.17. The van der Waals surface area contributed by atoms with Crippen LogP contribution in [0.1, 0.15) is 0 Å². The van der Waals surface area contributed by atoms with E-state index in [0.29, 0.717) is 0 Å². The summed E-state index contributed by atoms with van der Waals surface area (Å²) >= 11 is 0. The molecule has 1 aliphatic heterocycles. The highest BCUT2D eigenvalue weighted by atomic mass is 28.3. The molecule has 1 N–H and O–H groups in total. The molecule has 0 atom stereocenters. The van der Waals surface area contributed by atoms with Gasteiger partial charge in [-0.15, -0.1) is 0 Å². The first-order valence-corrected chi connectivity index (χ1v) is 9.38. The number of piperazine rings is 1. The molecule has 0 aromatic heterocycles. The van der Waals surface area contributed by atoms with Gasteiger partial charge in [-0.3, -0.25) is 0 Å². The van der Waals surface area contributed by atoms with Gasteiger partial charge in [-0.05, 0) is 6.17 Å². The Labute approximate surface area is 99.7 Å². The van der Waals surface area contributed by atoms with Crippen LogP contribution in [0.15, 0.2) is 30.3 Å². The Morgan fingerprint density at radius 3 is 2.38 bits per heavy atom. The molecule has 0 amide bonds. The highest BCUT2D eigenvalue weighted by molar-refractivity contribution is 6.89. The molecule has 1 aromatic carbocycles. The average Bonchev–Trinajstić information content (AvgIpc) is 2.31. The van der Waals surface area contributed by atoms with Crippen LogP contribution in [-0.4, -0.2) is 45.3 Å². The van der Waals surface area contributed by atoms with Crippen molar-refractivity contribution in [2.75, 3.05) is 32.3 Å². The number of benzene rings is 1. The lowest BCUT2D eigenvalue weighted by atomic mass is 10.4. The largest absolute Gasteiger partial charge is 0.314 e. The SMILES string of the molecule is C[Si](C)(CN1CCNCC1)c1ccccc1. The molecule has 0 spiro atoms. The fourth-order valence-electron chi connectivity index (χ4n) is 2.41. The van der Waals surface area contributed by atoms with E-state index in [4.69, 9.17) is 0 Å². The molecule has 1 heterocycles. The zero-order valence-corrected chi connectivity index (χ0v) is 11.4. The average molecular weight is 234 g/mol. The normalized spacial score (nSPS) is 18.6. The van der Waals surface area contributed by atoms with Crippen LogP contribution in [0.2, 0.25) is 13.1 Å². The maximum Gasteiger partial charge on any atom is 0.0948 e. The van der Waals surface area contributed by atoms with Crippen LogP contribution < -0.4 is 10.5 Å². The number of nitrogens with one attached hydrogen (secondary N) is 1. The van der Waals surface area contributed by atoms with E-state index >= 15 is 0 Å². The molecule has 88 valence electrons. The summed E-state index contributed by atoms with van der Waals surface area (Å²) in [4.78, 5) is 2.62. The second-order valence-electron chi connectivity index (χ2n) is 5.28. The number of hydrogen-bond donors (Lipinski definition) is 1. The van der Waals surface area contributed by atoms with Gasteiger partial charge in [0, 0.05) is 26.2 Å². The minimum atomic E-state index is -1.27. The third-order valence-electron chi connectivity index (χ3n) is 3.38. The van der Waals surface area contributed by atoms with Gasteiger partial charge in [-0.25, -0.2) is 0 Å². The van der Waals surface area contributed by atoms with Crippen LogP contribution in [0, 0.1) is 0 Å². The minimum absolute atomic E-state index is 1.15. The van der Waals surface area contributed by atoms with Crippen LogP contribution in [-0.2, 0) is 0 Å². The van der Waals surface area contributed by atoms with Crippen LogP contribution in [0.3, 0.4) is 0 Å². The summed E-state index contributed by atoms with van der Waals surface area (Å²) in [6.07, 6.45) is 1.29. The van der Waals surface area contributed by atoms with Gasteiger partial charge >= 0.3 is 0 Å². The molecular formula is C13H22N2Si. The zero-order chi connectivity index (χ0) is 11.4. The first-order chi connectivity index (χ1) is 7.68. The molecule has 1 aliphatic rings. The Kier molecular flexibility index (Phi) is 3.79. The Balaban J connectivity index is 2.01. The highest BCUT2D eigenvalue weighted by Gasteiger charge is 2.26. The third-order valence-corrected chi connectivity index (χ3v) is 6.52. The first kappa shape index (κ1) is 11.8. The van der Waals surface area contributed by atoms with E-state index in [2.05, 4.69) is 53.6 Å². The summed E-state index contributed by atoms with van der Waals surface area (Å²) < 4.78 is 0. The summed E-state index contributed by atoms with van der Waals surface area (Å²) in [6, 6.07) is 11.0. The molecule has 3 heteroatoms. The third kappa shape index (κ3) is 2.94. The van der Waals surface area contributed by atoms with Crippen molar-refractivity contribution in [2.45, 2.75) is 13.1 Å². The predicted molar refractivity (Wildman–Crippen MR) is 72.9 cm³/mol. The van der Waals surface area contributed by atoms with E-state index in [1.54, 1.807) is 5.19 Å². The van der Waals surface area contributed by atoms with Gasteiger partial charge < -0.3 is 10.2 Å². The molecule has 1 saturated heterocycles. The summed E-state index contributed by atoms with van der Waals surface area (Å²) in [7, 11) is -1.27. The standard InChI is InChI=1S/C13H22N2Si/c1-16(2,13-6-4-3-5-7-13)12-15-10-8-14-9-11-15/h3-7,14H,8-12H2,1-2H3. The molecule has 0 radical (unpaired) electrons. The van der Waals surface area contributed by atoms with Crippen molar-refractivity contribution in [3.8, 4) is 0 Å². The van der Waals surface area contributed by atoms with Gasteiger partial charge in [0.1, 0.15) is 0 Å². The fourth-order valence-corrected chi connectivity index (χ4v) is 5.12. The van der Waals surface area contributed by atoms with E-state index in [9.17, 15) is 0 Å². The van der Waals surface area contributed by atoms with Crippen LogP contribution in [0.5, 0.6) is 0 Å². The van der Waals surface area contributed by atoms with Crippen LogP contribution in [0.4, 0.5) is 0 Å². The Hall–Kier alpha value is -0.643. The maximum absolute atomic E-state index is 3.41. The minimum Gasteiger partial charge on any atom is -0.314 e. The lowest BCUT2D eigenvalue weighted by Gasteiger charge is -2.34. The van der Waals surface area contributed by atoms with Gasteiger partial charge in [0.25, 0.3) is 0 Å². The zero-order valence-electron chi connectivity index (χ0n) is 10.4. The van der Waals surface area contributed by atoms with Crippen LogP contribution in [0.25, 0.3) is 0 Å². The predicted octanol–water partition coefficient (Wildman–Crippen LogP) is 1.05. The van der Waals surface area contributed by atoms with Crippen molar-refractivity contribution in [3.63, 3.8) is 0 Å². The van der Waals surface area contributed by atoms with Crippen molar-refractivity contribution in [1.82, 2.24) is 10.2 Å². The van der Waals surface area contributed by atoms with E-state index in [1.807, 2.05) is 0 Å². The Morgan fingerprint density at radius 1 is 1.12 bits per heavy atom. The van der Waals surface area contributed by atoms with E-state index in [1.165, 1.54) is 19.3 Å². The molecule has 0 unspecified atom stereocenters. The summed E-state index contributed by atoms with van der Waals surface area (Å²) in [5.74, 6) is 0. The molecule has 16 heavy (non-hydrogen) atoms. The lowest BCUT2D eigenvalue weighted by molar-refractivity contribution is 0.273. The molecule has 1 fully saturated rings. The molecular weight excluding hydrogens is 212 g/mol. The lowest BCUT2D eigenvalue weighted by Crippen LogP contribution is -2.55. The summed E-state index contributed by atoms with van der Waals surface area (Å²) in [6.45, 7) is 9.68. The number of nitrogens with zero attached hydrogens (tertiary/aromatic N) is 1. The quantitative estimate of drug-likeness (QED) is 0.787. The molecule has 2 rings (SSSR count). The molecule has 0 saturated carbocycles.